The van der Waals surface area contributed by atoms with Crippen molar-refractivity contribution < 1.29 is 9.84 Å². The average molecular weight is 265 g/mol. The van der Waals surface area contributed by atoms with Gasteiger partial charge < -0.3 is 14.7 Å². The maximum absolute atomic E-state index is 9.89. The lowest BCUT2D eigenvalue weighted by Crippen LogP contribution is -2.32. The molecule has 1 aromatic carbocycles. The Morgan fingerprint density at radius 3 is 2.63 bits per heavy atom. The van der Waals surface area contributed by atoms with Gasteiger partial charge in [0.2, 0.25) is 0 Å². The fraction of sp³-hybridized carbons (Fsp3) is 0.625. The van der Waals surface area contributed by atoms with E-state index in [0.717, 1.165) is 12.1 Å². The van der Waals surface area contributed by atoms with Crippen LogP contribution in [-0.4, -0.2) is 42.9 Å². The summed E-state index contributed by atoms with van der Waals surface area (Å²) < 4.78 is 5.53. The van der Waals surface area contributed by atoms with Crippen LogP contribution < -0.4 is 0 Å². The van der Waals surface area contributed by atoms with Gasteiger partial charge in [-0.1, -0.05) is 50.1 Å². The zero-order valence-electron chi connectivity index (χ0n) is 12.2. The van der Waals surface area contributed by atoms with Crippen LogP contribution in [-0.2, 0) is 11.3 Å². The molecule has 0 aliphatic carbocycles. The van der Waals surface area contributed by atoms with Crippen LogP contribution >= 0.6 is 0 Å². The zero-order valence-corrected chi connectivity index (χ0v) is 12.2. The summed E-state index contributed by atoms with van der Waals surface area (Å²) in [6.07, 6.45) is 3.28. The summed E-state index contributed by atoms with van der Waals surface area (Å²) in [6.45, 7) is 4.89. The van der Waals surface area contributed by atoms with Crippen molar-refractivity contribution in [2.75, 3.05) is 26.7 Å². The molecule has 19 heavy (non-hydrogen) atoms. The van der Waals surface area contributed by atoms with Gasteiger partial charge in [0.15, 0.2) is 0 Å². The molecule has 0 amide bonds. The van der Waals surface area contributed by atoms with Crippen LogP contribution in [0.4, 0.5) is 0 Å². The first-order chi connectivity index (χ1) is 9.22. The van der Waals surface area contributed by atoms with Gasteiger partial charge in [0.1, 0.15) is 0 Å². The molecule has 0 radical (unpaired) electrons. The van der Waals surface area contributed by atoms with E-state index >= 15 is 0 Å². The van der Waals surface area contributed by atoms with Crippen LogP contribution in [0.1, 0.15) is 31.7 Å². The van der Waals surface area contributed by atoms with E-state index in [-0.39, 0.29) is 0 Å². The van der Waals surface area contributed by atoms with Gasteiger partial charge in [-0.3, -0.25) is 0 Å². The van der Waals surface area contributed by atoms with Crippen molar-refractivity contribution >= 4 is 0 Å². The van der Waals surface area contributed by atoms with Gasteiger partial charge in [-0.15, -0.1) is 0 Å². The number of aliphatic hydroxyl groups is 1. The third kappa shape index (κ3) is 7.98. The summed E-state index contributed by atoms with van der Waals surface area (Å²) in [4.78, 5) is 2.17. The largest absolute Gasteiger partial charge is 0.389 e. The van der Waals surface area contributed by atoms with Crippen molar-refractivity contribution in [3.05, 3.63) is 35.9 Å². The van der Waals surface area contributed by atoms with Crippen molar-refractivity contribution in [2.45, 2.75) is 38.9 Å². The Bertz CT molecular complexity index is 316. The normalized spacial score (nSPS) is 12.8. The minimum atomic E-state index is -0.407. The van der Waals surface area contributed by atoms with Crippen LogP contribution in [0.15, 0.2) is 30.3 Å². The average Bonchev–Trinajstić information content (AvgIpc) is 2.40. The Hall–Kier alpha value is -0.900. The van der Waals surface area contributed by atoms with Crippen LogP contribution in [0.2, 0.25) is 0 Å². The lowest BCUT2D eigenvalue weighted by molar-refractivity contribution is 0.0135. The lowest BCUT2D eigenvalue weighted by atomic mass is 10.2. The SMILES string of the molecule is CCCCCN(C)CC(O)COCc1ccccc1. The number of hydrogen-bond acceptors (Lipinski definition) is 3. The predicted molar refractivity (Wildman–Crippen MR) is 79.1 cm³/mol. The summed E-state index contributed by atoms with van der Waals surface area (Å²) in [5.41, 5.74) is 1.14. The topological polar surface area (TPSA) is 32.7 Å². The number of nitrogens with zero attached hydrogens (tertiary/aromatic N) is 1. The fourth-order valence-electron chi connectivity index (χ4n) is 2.02. The molecule has 3 nitrogen and oxygen atoms in total. The predicted octanol–water partition coefficient (Wildman–Crippen LogP) is 2.69. The second-order valence-electron chi connectivity index (χ2n) is 5.12. The summed E-state index contributed by atoms with van der Waals surface area (Å²) in [5.74, 6) is 0. The molecule has 0 heterocycles. The molecule has 1 N–H and O–H groups in total. The van der Waals surface area contributed by atoms with E-state index < -0.39 is 6.10 Å². The van der Waals surface area contributed by atoms with Gasteiger partial charge in [0, 0.05) is 6.54 Å². The van der Waals surface area contributed by atoms with Gasteiger partial charge in [0.05, 0.1) is 19.3 Å². The van der Waals surface area contributed by atoms with Crippen molar-refractivity contribution in [3.63, 3.8) is 0 Å². The second-order valence-corrected chi connectivity index (χ2v) is 5.12. The Morgan fingerprint density at radius 1 is 1.21 bits per heavy atom. The van der Waals surface area contributed by atoms with Gasteiger partial charge in [-0.05, 0) is 25.6 Å². The van der Waals surface area contributed by atoms with E-state index in [0.29, 0.717) is 19.8 Å². The van der Waals surface area contributed by atoms with Crippen LogP contribution in [0, 0.1) is 0 Å². The van der Waals surface area contributed by atoms with Crippen molar-refractivity contribution in [3.8, 4) is 0 Å². The molecule has 3 heteroatoms. The number of rotatable bonds is 10. The van der Waals surface area contributed by atoms with Crippen molar-refractivity contribution in [1.29, 1.82) is 0 Å². The maximum atomic E-state index is 9.89. The van der Waals surface area contributed by atoms with E-state index in [4.69, 9.17) is 4.74 Å². The lowest BCUT2D eigenvalue weighted by Gasteiger charge is -2.20. The van der Waals surface area contributed by atoms with E-state index in [2.05, 4.69) is 18.9 Å². The molecule has 0 spiro atoms. The van der Waals surface area contributed by atoms with Crippen LogP contribution in [0.5, 0.6) is 0 Å². The number of hydrogen-bond donors (Lipinski definition) is 1. The molecule has 108 valence electrons. The molecular weight excluding hydrogens is 238 g/mol. The highest BCUT2D eigenvalue weighted by atomic mass is 16.5. The second kappa shape index (κ2) is 9.96. The first-order valence-electron chi connectivity index (χ1n) is 7.20. The molecule has 0 aromatic heterocycles. The molecule has 1 aromatic rings. The van der Waals surface area contributed by atoms with E-state index in [1.165, 1.54) is 19.3 Å². The summed E-state index contributed by atoms with van der Waals surface area (Å²) >= 11 is 0. The Balaban J connectivity index is 2.08. The van der Waals surface area contributed by atoms with E-state index in [1.807, 2.05) is 30.3 Å². The molecule has 0 bridgehead atoms. The Kier molecular flexibility index (Phi) is 8.47. The molecule has 0 aliphatic rings. The monoisotopic (exact) mass is 265 g/mol. The van der Waals surface area contributed by atoms with Crippen molar-refractivity contribution in [2.24, 2.45) is 0 Å². The van der Waals surface area contributed by atoms with Crippen molar-refractivity contribution in [1.82, 2.24) is 4.90 Å². The number of benzene rings is 1. The molecule has 0 saturated carbocycles. The molecule has 0 aliphatic heterocycles. The van der Waals surface area contributed by atoms with Gasteiger partial charge >= 0.3 is 0 Å². The number of aliphatic hydroxyl groups excluding tert-OH is 1. The van der Waals surface area contributed by atoms with Gasteiger partial charge in [-0.25, -0.2) is 0 Å². The fourth-order valence-corrected chi connectivity index (χ4v) is 2.02. The summed E-state index contributed by atoms with van der Waals surface area (Å²) in [6, 6.07) is 10.0. The van der Waals surface area contributed by atoms with Gasteiger partial charge in [0.25, 0.3) is 0 Å². The number of likely N-dealkylation sites (N-methyl/N-ethyl adjacent to an activating group) is 1. The maximum Gasteiger partial charge on any atom is 0.0900 e. The minimum Gasteiger partial charge on any atom is -0.389 e. The number of ether oxygens (including phenoxy) is 1. The molecule has 1 atom stereocenters. The number of unbranched alkanes of at least 4 members (excludes halogenated alkanes) is 2. The first-order valence-corrected chi connectivity index (χ1v) is 7.20. The third-order valence-electron chi connectivity index (χ3n) is 3.09. The standard InChI is InChI=1S/C16H27NO2/c1-3-4-8-11-17(2)12-16(18)14-19-13-15-9-6-5-7-10-15/h5-7,9-10,16,18H,3-4,8,11-14H2,1-2H3. The Labute approximate surface area is 117 Å². The van der Waals surface area contributed by atoms with Crippen LogP contribution in [0.3, 0.4) is 0 Å². The highest BCUT2D eigenvalue weighted by Gasteiger charge is 2.08. The minimum absolute atomic E-state index is 0.396. The smallest absolute Gasteiger partial charge is 0.0900 e. The van der Waals surface area contributed by atoms with Crippen LogP contribution in [0.25, 0.3) is 0 Å². The van der Waals surface area contributed by atoms with E-state index in [1.54, 1.807) is 0 Å². The highest BCUT2D eigenvalue weighted by Crippen LogP contribution is 2.02. The highest BCUT2D eigenvalue weighted by molar-refractivity contribution is 5.13. The third-order valence-corrected chi connectivity index (χ3v) is 3.09. The molecule has 0 fully saturated rings. The summed E-state index contributed by atoms with van der Waals surface area (Å²) in [5, 5.41) is 9.89. The molecule has 1 rings (SSSR count). The summed E-state index contributed by atoms with van der Waals surface area (Å²) in [7, 11) is 2.05. The zero-order chi connectivity index (χ0) is 13.9. The first kappa shape index (κ1) is 16.2. The Morgan fingerprint density at radius 2 is 1.95 bits per heavy atom. The van der Waals surface area contributed by atoms with Gasteiger partial charge in [-0.2, -0.15) is 0 Å². The van der Waals surface area contributed by atoms with E-state index in [9.17, 15) is 5.11 Å². The molecular formula is C16H27NO2. The molecule has 0 saturated heterocycles. The molecule has 1 unspecified atom stereocenters. The quantitative estimate of drug-likeness (QED) is 0.660.